The molecule has 2 N–H and O–H groups in total. The van der Waals surface area contributed by atoms with Crippen molar-refractivity contribution >= 4 is 53.2 Å². The first-order chi connectivity index (χ1) is 16.5. The second-order valence-electron chi connectivity index (χ2n) is 7.51. The molecular weight excluding hydrogens is 491 g/mol. The number of nitro groups is 1. The molecule has 35 heavy (non-hydrogen) atoms. The van der Waals surface area contributed by atoms with Gasteiger partial charge in [-0.1, -0.05) is 72.3 Å². The molecule has 0 saturated carbocycles. The van der Waals surface area contributed by atoms with E-state index in [-0.39, 0.29) is 40.7 Å². The quantitative estimate of drug-likeness (QED) is 0.269. The maximum absolute atomic E-state index is 12.8. The Bertz CT molecular complexity index is 1420. The van der Waals surface area contributed by atoms with Gasteiger partial charge in [-0.2, -0.15) is 4.98 Å². The van der Waals surface area contributed by atoms with Crippen molar-refractivity contribution < 1.29 is 9.72 Å². The van der Waals surface area contributed by atoms with E-state index in [1.54, 1.807) is 4.68 Å². The standard InChI is InChI=1S/C24H17ClN6O3.ClH/c25-18-12-11-17(13-21(18)31(33)34)22(32)27-23-28-24-26-19(15-7-3-1-4-8-15)14-20(30(24)29-23)16-9-5-2-6-10-16;/h1-14,20H,(H2,26,27,28,29,32);1H. The molecule has 1 aromatic heterocycles. The Labute approximate surface area is 211 Å². The van der Waals surface area contributed by atoms with E-state index in [9.17, 15) is 14.9 Å². The van der Waals surface area contributed by atoms with Gasteiger partial charge >= 0.3 is 0 Å². The Hall–Kier alpha value is -4.21. The number of anilines is 2. The summed E-state index contributed by atoms with van der Waals surface area (Å²) >= 11 is 5.85. The lowest BCUT2D eigenvalue weighted by Crippen LogP contribution is -2.20. The molecule has 1 aliphatic heterocycles. The van der Waals surface area contributed by atoms with Crippen LogP contribution in [0.15, 0.2) is 84.9 Å². The summed E-state index contributed by atoms with van der Waals surface area (Å²) in [6.45, 7) is 0. The maximum Gasteiger partial charge on any atom is 0.288 e. The lowest BCUT2D eigenvalue weighted by Gasteiger charge is -2.24. The molecule has 0 saturated heterocycles. The molecule has 5 rings (SSSR count). The Balaban J connectivity index is 0.00000289. The first-order valence-electron chi connectivity index (χ1n) is 10.3. The second kappa shape index (κ2) is 9.96. The SMILES string of the molecule is Cl.O=C(Nc1nc2n(n1)C(c1ccccc1)C=C(c1ccccc1)N2)c1ccc(Cl)c([N+](=O)[O-])c1. The Morgan fingerprint density at radius 1 is 1.06 bits per heavy atom. The smallest absolute Gasteiger partial charge is 0.288 e. The molecular formula is C24H18Cl2N6O3. The lowest BCUT2D eigenvalue weighted by molar-refractivity contribution is -0.384. The van der Waals surface area contributed by atoms with Crippen LogP contribution in [-0.4, -0.2) is 25.6 Å². The van der Waals surface area contributed by atoms with Crippen LogP contribution < -0.4 is 10.6 Å². The number of amides is 1. The van der Waals surface area contributed by atoms with Gasteiger partial charge < -0.3 is 5.32 Å². The van der Waals surface area contributed by atoms with Gasteiger partial charge in [0.05, 0.1) is 4.92 Å². The number of halogens is 2. The highest BCUT2D eigenvalue weighted by Crippen LogP contribution is 2.33. The summed E-state index contributed by atoms with van der Waals surface area (Å²) in [5.74, 6) is -0.0726. The highest BCUT2D eigenvalue weighted by Gasteiger charge is 2.26. The van der Waals surface area contributed by atoms with E-state index in [1.807, 2.05) is 66.7 Å². The summed E-state index contributed by atoms with van der Waals surface area (Å²) in [4.78, 5) is 27.7. The van der Waals surface area contributed by atoms with E-state index in [0.29, 0.717) is 5.95 Å². The number of nitro benzene ring substituents is 1. The van der Waals surface area contributed by atoms with Crippen LogP contribution in [0, 0.1) is 10.1 Å². The number of carbonyl (C=O) groups is 1. The zero-order chi connectivity index (χ0) is 23.7. The van der Waals surface area contributed by atoms with Gasteiger partial charge in [-0.25, -0.2) is 4.68 Å². The lowest BCUT2D eigenvalue weighted by atomic mass is 10.0. The zero-order valence-electron chi connectivity index (χ0n) is 18.0. The third-order valence-corrected chi connectivity index (χ3v) is 5.64. The van der Waals surface area contributed by atoms with Crippen molar-refractivity contribution in [2.24, 2.45) is 0 Å². The van der Waals surface area contributed by atoms with Gasteiger partial charge in [-0.05, 0) is 29.3 Å². The molecule has 9 nitrogen and oxygen atoms in total. The molecule has 11 heteroatoms. The highest BCUT2D eigenvalue weighted by atomic mass is 35.5. The van der Waals surface area contributed by atoms with Crippen LogP contribution in [0.3, 0.4) is 0 Å². The van der Waals surface area contributed by atoms with E-state index in [1.165, 1.54) is 12.1 Å². The van der Waals surface area contributed by atoms with Gasteiger partial charge in [0, 0.05) is 17.3 Å². The minimum atomic E-state index is -0.641. The number of nitrogens with one attached hydrogen (secondary N) is 2. The number of aromatic nitrogens is 3. The first kappa shape index (κ1) is 23.9. The molecule has 0 spiro atoms. The number of allylic oxidation sites excluding steroid dienone is 1. The molecule has 1 atom stereocenters. The Morgan fingerprint density at radius 2 is 1.74 bits per heavy atom. The van der Waals surface area contributed by atoms with Crippen molar-refractivity contribution in [2.45, 2.75) is 6.04 Å². The fourth-order valence-electron chi connectivity index (χ4n) is 3.69. The first-order valence-corrected chi connectivity index (χ1v) is 10.7. The molecule has 4 aromatic rings. The third kappa shape index (κ3) is 4.86. The summed E-state index contributed by atoms with van der Waals surface area (Å²) in [5, 5.41) is 21.5. The van der Waals surface area contributed by atoms with Crippen LogP contribution in [0.2, 0.25) is 5.02 Å². The number of hydrogen-bond acceptors (Lipinski definition) is 6. The van der Waals surface area contributed by atoms with Crippen LogP contribution in [0.25, 0.3) is 5.70 Å². The van der Waals surface area contributed by atoms with Gasteiger partial charge in [0.2, 0.25) is 5.95 Å². The fraction of sp³-hybridized carbons (Fsp3) is 0.0417. The Morgan fingerprint density at radius 3 is 2.43 bits per heavy atom. The van der Waals surface area contributed by atoms with E-state index in [2.05, 4.69) is 20.7 Å². The number of nitrogens with zero attached hydrogens (tertiary/aromatic N) is 4. The minimum Gasteiger partial charge on any atom is -0.324 e. The van der Waals surface area contributed by atoms with E-state index >= 15 is 0 Å². The number of rotatable bonds is 5. The van der Waals surface area contributed by atoms with E-state index < -0.39 is 10.8 Å². The molecule has 2 heterocycles. The van der Waals surface area contributed by atoms with Crippen LogP contribution >= 0.6 is 24.0 Å². The van der Waals surface area contributed by atoms with Crippen molar-refractivity contribution in [2.75, 3.05) is 10.6 Å². The van der Waals surface area contributed by atoms with Crippen molar-refractivity contribution in [1.29, 1.82) is 0 Å². The van der Waals surface area contributed by atoms with Crippen LogP contribution in [0.1, 0.15) is 27.5 Å². The molecule has 0 bridgehead atoms. The number of hydrogen-bond donors (Lipinski definition) is 2. The predicted octanol–water partition coefficient (Wildman–Crippen LogP) is 5.57. The number of carbonyl (C=O) groups excluding carboxylic acids is 1. The average molecular weight is 509 g/mol. The summed E-state index contributed by atoms with van der Waals surface area (Å²) in [7, 11) is 0. The minimum absolute atomic E-state index is 0. The van der Waals surface area contributed by atoms with Crippen molar-refractivity contribution in [3.63, 3.8) is 0 Å². The normalized spacial score (nSPS) is 14.1. The van der Waals surface area contributed by atoms with Crippen LogP contribution in [-0.2, 0) is 0 Å². The van der Waals surface area contributed by atoms with Gasteiger partial charge in [-0.3, -0.25) is 20.2 Å². The van der Waals surface area contributed by atoms with Crippen molar-refractivity contribution in [3.05, 3.63) is 117 Å². The summed E-state index contributed by atoms with van der Waals surface area (Å²) in [6, 6.07) is 23.2. The molecule has 1 aliphatic rings. The predicted molar refractivity (Wildman–Crippen MR) is 136 cm³/mol. The fourth-order valence-corrected chi connectivity index (χ4v) is 3.87. The highest BCUT2D eigenvalue weighted by molar-refractivity contribution is 6.32. The van der Waals surface area contributed by atoms with Crippen LogP contribution in [0.5, 0.6) is 0 Å². The van der Waals surface area contributed by atoms with Gasteiger partial charge in [0.15, 0.2) is 0 Å². The molecule has 0 radical (unpaired) electrons. The number of fused-ring (bicyclic) bond motifs is 1. The zero-order valence-corrected chi connectivity index (χ0v) is 19.5. The third-order valence-electron chi connectivity index (χ3n) is 5.32. The van der Waals surface area contributed by atoms with Crippen molar-refractivity contribution in [1.82, 2.24) is 14.8 Å². The largest absolute Gasteiger partial charge is 0.324 e. The maximum atomic E-state index is 12.8. The monoisotopic (exact) mass is 508 g/mol. The van der Waals surface area contributed by atoms with Crippen LogP contribution in [0.4, 0.5) is 17.6 Å². The Kier molecular flexibility index (Phi) is 6.81. The molecule has 176 valence electrons. The van der Waals surface area contributed by atoms with Gasteiger partial charge in [0.1, 0.15) is 11.1 Å². The summed E-state index contributed by atoms with van der Waals surface area (Å²) in [6.07, 6.45) is 2.04. The molecule has 1 amide bonds. The van der Waals surface area contributed by atoms with Gasteiger partial charge in [-0.15, -0.1) is 17.5 Å². The molecule has 0 aliphatic carbocycles. The molecule has 0 fully saturated rings. The van der Waals surface area contributed by atoms with E-state index in [4.69, 9.17) is 11.6 Å². The molecule has 3 aromatic carbocycles. The van der Waals surface area contributed by atoms with E-state index in [0.717, 1.165) is 22.9 Å². The van der Waals surface area contributed by atoms with Crippen molar-refractivity contribution in [3.8, 4) is 0 Å². The average Bonchev–Trinajstić information content (AvgIpc) is 3.26. The second-order valence-corrected chi connectivity index (χ2v) is 7.92. The topological polar surface area (TPSA) is 115 Å². The summed E-state index contributed by atoms with van der Waals surface area (Å²) in [5.41, 5.74) is 2.56. The number of benzene rings is 3. The van der Waals surface area contributed by atoms with Gasteiger partial charge in [0.25, 0.3) is 17.5 Å². The molecule has 1 unspecified atom stereocenters. The summed E-state index contributed by atoms with van der Waals surface area (Å²) < 4.78 is 1.68.